The molecule has 0 N–H and O–H groups in total. The number of carbonyl (C=O) groups excluding carboxylic acids is 2. The van der Waals surface area contributed by atoms with E-state index in [1.165, 1.54) is 0 Å². The van der Waals surface area contributed by atoms with Gasteiger partial charge in [-0.25, -0.2) is 9.59 Å². The zero-order valence-electron chi connectivity index (χ0n) is 22.8. The molecular formula is C32H34O6. The van der Waals surface area contributed by atoms with E-state index in [1.54, 1.807) is 0 Å². The van der Waals surface area contributed by atoms with Crippen LogP contribution in [-0.4, -0.2) is 36.4 Å². The smallest absolute Gasteiger partial charge is 0.344 e. The second-order valence-electron chi connectivity index (χ2n) is 11.1. The molecule has 0 radical (unpaired) electrons. The number of fused-ring (bicyclic) bond motifs is 2. The average molecular weight is 515 g/mol. The monoisotopic (exact) mass is 514 g/mol. The summed E-state index contributed by atoms with van der Waals surface area (Å²) in [5.41, 5.74) is 0.293. The van der Waals surface area contributed by atoms with E-state index >= 15 is 0 Å². The molecule has 4 aromatic rings. The molecule has 0 amide bonds. The van der Waals surface area contributed by atoms with Crippen LogP contribution in [0.2, 0.25) is 0 Å². The number of hydrogen-bond acceptors (Lipinski definition) is 6. The van der Waals surface area contributed by atoms with Crippen LogP contribution in [0.15, 0.2) is 72.8 Å². The lowest BCUT2D eigenvalue weighted by Crippen LogP contribution is -2.27. The Morgan fingerprint density at radius 3 is 1.29 bits per heavy atom. The molecule has 0 aliphatic heterocycles. The van der Waals surface area contributed by atoms with Crippen LogP contribution in [0.1, 0.15) is 41.5 Å². The van der Waals surface area contributed by atoms with Crippen LogP contribution in [0.25, 0.3) is 32.7 Å². The van der Waals surface area contributed by atoms with Crippen molar-refractivity contribution in [2.75, 3.05) is 13.2 Å². The summed E-state index contributed by atoms with van der Waals surface area (Å²) in [5, 5.41) is 3.84. The minimum absolute atomic E-state index is 0.249. The first-order valence-corrected chi connectivity index (χ1v) is 12.6. The molecule has 0 heterocycles. The fraction of sp³-hybridized carbons (Fsp3) is 0.312. The Labute approximate surface area is 223 Å². The Morgan fingerprint density at radius 1 is 0.553 bits per heavy atom. The molecule has 0 aliphatic carbocycles. The quantitative estimate of drug-likeness (QED) is 0.245. The highest BCUT2D eigenvalue weighted by Crippen LogP contribution is 2.45. The Morgan fingerprint density at radius 2 is 0.921 bits per heavy atom. The molecule has 0 unspecified atom stereocenters. The molecule has 0 atom stereocenters. The highest BCUT2D eigenvalue weighted by molar-refractivity contribution is 6.09. The van der Waals surface area contributed by atoms with Crippen LogP contribution in [0.5, 0.6) is 11.5 Å². The fourth-order valence-electron chi connectivity index (χ4n) is 4.27. The second kappa shape index (κ2) is 10.7. The number of esters is 2. The fourth-order valence-corrected chi connectivity index (χ4v) is 4.27. The number of benzene rings is 4. The first-order chi connectivity index (χ1) is 17.9. The standard InChI is InChI=1S/C32H34O6/c1-31(2,3)37-27(33)19-35-25-17-15-21-11-7-9-13-23(21)29(25)30-24-14-10-8-12-22(24)16-18-26(30)36-20-28(34)38-32(4,5)6/h7-18H,19-20H2,1-6H3. The first kappa shape index (κ1) is 27.0. The third-order valence-corrected chi connectivity index (χ3v) is 5.56. The van der Waals surface area contributed by atoms with Gasteiger partial charge in [0.05, 0.1) is 0 Å². The van der Waals surface area contributed by atoms with Crippen molar-refractivity contribution in [3.63, 3.8) is 0 Å². The summed E-state index contributed by atoms with van der Waals surface area (Å²) in [4.78, 5) is 25.0. The van der Waals surface area contributed by atoms with Crippen LogP contribution in [0, 0.1) is 0 Å². The van der Waals surface area contributed by atoms with Gasteiger partial charge in [0.2, 0.25) is 0 Å². The van der Waals surface area contributed by atoms with E-state index < -0.39 is 23.1 Å². The first-order valence-electron chi connectivity index (χ1n) is 12.6. The van der Waals surface area contributed by atoms with Gasteiger partial charge < -0.3 is 18.9 Å². The average Bonchev–Trinajstić information content (AvgIpc) is 2.83. The SMILES string of the molecule is CC(C)(C)OC(=O)COc1ccc2ccccc2c1-c1c(OCC(=O)OC(C)(C)C)ccc2ccccc12. The molecule has 6 nitrogen and oxygen atoms in total. The summed E-state index contributed by atoms with van der Waals surface area (Å²) < 4.78 is 23.1. The zero-order valence-corrected chi connectivity index (χ0v) is 22.8. The minimum atomic E-state index is -0.620. The summed E-state index contributed by atoms with van der Waals surface area (Å²) in [5.74, 6) is 0.0907. The van der Waals surface area contributed by atoms with E-state index in [2.05, 4.69) is 0 Å². The van der Waals surface area contributed by atoms with Gasteiger partial charge in [-0.15, -0.1) is 0 Å². The Hall–Kier alpha value is -4.06. The predicted octanol–water partition coefficient (Wildman–Crippen LogP) is 7.10. The lowest BCUT2D eigenvalue weighted by atomic mass is 9.92. The summed E-state index contributed by atoms with van der Waals surface area (Å²) in [6, 6.07) is 23.5. The third-order valence-electron chi connectivity index (χ3n) is 5.56. The molecule has 4 aromatic carbocycles. The second-order valence-corrected chi connectivity index (χ2v) is 11.1. The number of carbonyl (C=O) groups is 2. The van der Waals surface area contributed by atoms with E-state index in [0.717, 1.165) is 32.7 Å². The highest BCUT2D eigenvalue weighted by atomic mass is 16.6. The van der Waals surface area contributed by atoms with E-state index in [1.807, 2.05) is 114 Å². The summed E-state index contributed by atoms with van der Waals surface area (Å²) >= 11 is 0. The molecule has 38 heavy (non-hydrogen) atoms. The van der Waals surface area contributed by atoms with Crippen LogP contribution in [0.3, 0.4) is 0 Å². The van der Waals surface area contributed by atoms with Crippen molar-refractivity contribution < 1.29 is 28.5 Å². The summed E-state index contributed by atoms with van der Waals surface area (Å²) in [7, 11) is 0. The van der Waals surface area contributed by atoms with Crippen LogP contribution < -0.4 is 9.47 Å². The Bertz CT molecular complexity index is 1360. The van der Waals surface area contributed by atoms with Gasteiger partial charge in [-0.05, 0) is 75.2 Å². The molecule has 0 aliphatic rings. The molecule has 0 fully saturated rings. The van der Waals surface area contributed by atoms with Gasteiger partial charge in [-0.1, -0.05) is 60.7 Å². The zero-order chi connectivity index (χ0) is 27.5. The van der Waals surface area contributed by atoms with Crippen molar-refractivity contribution in [2.45, 2.75) is 52.7 Å². The van der Waals surface area contributed by atoms with Gasteiger partial charge in [0.1, 0.15) is 22.7 Å². The van der Waals surface area contributed by atoms with Gasteiger partial charge in [0.25, 0.3) is 0 Å². The van der Waals surface area contributed by atoms with Crippen molar-refractivity contribution >= 4 is 33.5 Å². The van der Waals surface area contributed by atoms with E-state index in [9.17, 15) is 9.59 Å². The molecule has 6 heteroatoms. The topological polar surface area (TPSA) is 71.1 Å². The lowest BCUT2D eigenvalue weighted by molar-refractivity contribution is -0.158. The van der Waals surface area contributed by atoms with Crippen molar-refractivity contribution in [1.82, 2.24) is 0 Å². The van der Waals surface area contributed by atoms with Crippen molar-refractivity contribution in [3.8, 4) is 22.6 Å². The van der Waals surface area contributed by atoms with Gasteiger partial charge in [0.15, 0.2) is 13.2 Å². The van der Waals surface area contributed by atoms with Gasteiger partial charge >= 0.3 is 11.9 Å². The molecular weight excluding hydrogens is 480 g/mol. The molecule has 0 saturated heterocycles. The maximum Gasteiger partial charge on any atom is 0.344 e. The van der Waals surface area contributed by atoms with E-state index in [-0.39, 0.29) is 13.2 Å². The van der Waals surface area contributed by atoms with Gasteiger partial charge in [-0.2, -0.15) is 0 Å². The summed E-state index contributed by atoms with van der Waals surface area (Å²) in [6.45, 7) is 10.4. The molecule has 0 bridgehead atoms. The van der Waals surface area contributed by atoms with E-state index in [0.29, 0.717) is 11.5 Å². The van der Waals surface area contributed by atoms with Gasteiger partial charge in [-0.3, -0.25) is 0 Å². The largest absolute Gasteiger partial charge is 0.481 e. The van der Waals surface area contributed by atoms with Crippen molar-refractivity contribution in [3.05, 3.63) is 72.8 Å². The van der Waals surface area contributed by atoms with Crippen LogP contribution >= 0.6 is 0 Å². The van der Waals surface area contributed by atoms with Gasteiger partial charge in [0, 0.05) is 11.1 Å². The summed E-state index contributed by atoms with van der Waals surface area (Å²) in [6.07, 6.45) is 0. The van der Waals surface area contributed by atoms with E-state index in [4.69, 9.17) is 18.9 Å². The van der Waals surface area contributed by atoms with Crippen molar-refractivity contribution in [1.29, 1.82) is 0 Å². The number of ether oxygens (including phenoxy) is 4. The molecule has 0 spiro atoms. The molecule has 198 valence electrons. The molecule has 0 saturated carbocycles. The number of hydrogen-bond donors (Lipinski definition) is 0. The minimum Gasteiger partial charge on any atom is -0.481 e. The van der Waals surface area contributed by atoms with Crippen LogP contribution in [0.4, 0.5) is 0 Å². The molecule has 0 aromatic heterocycles. The van der Waals surface area contributed by atoms with Crippen LogP contribution in [-0.2, 0) is 19.1 Å². The highest BCUT2D eigenvalue weighted by Gasteiger charge is 2.23. The van der Waals surface area contributed by atoms with Crippen molar-refractivity contribution in [2.24, 2.45) is 0 Å². The Balaban J connectivity index is 1.84. The lowest BCUT2D eigenvalue weighted by Gasteiger charge is -2.22. The maximum atomic E-state index is 12.5. The number of rotatable bonds is 7. The normalized spacial score (nSPS) is 11.8. The molecule has 4 rings (SSSR count). The maximum absolute atomic E-state index is 12.5. The Kier molecular flexibility index (Phi) is 7.63. The third kappa shape index (κ3) is 6.62. The predicted molar refractivity (Wildman–Crippen MR) is 150 cm³/mol.